The summed E-state index contributed by atoms with van der Waals surface area (Å²) in [5.74, 6) is -1.25. The van der Waals surface area contributed by atoms with Crippen LogP contribution in [0.15, 0.2) is 36.4 Å². The van der Waals surface area contributed by atoms with Gasteiger partial charge in [0, 0.05) is 0 Å². The van der Waals surface area contributed by atoms with Crippen LogP contribution in [0.1, 0.15) is 0 Å². The zero-order chi connectivity index (χ0) is 12.4. The molecule has 2 aromatic rings. The minimum Gasteiger partial charge on any atom is -0.504 e. The van der Waals surface area contributed by atoms with Crippen molar-refractivity contribution in [1.29, 1.82) is 0 Å². The number of rotatable bonds is 2. The predicted molar refractivity (Wildman–Crippen MR) is 60.7 cm³/mol. The fraction of sp³-hybridized carbons (Fsp3) is 0. The third kappa shape index (κ3) is 1.90. The Morgan fingerprint density at radius 1 is 1.18 bits per heavy atom. The van der Waals surface area contributed by atoms with Gasteiger partial charge >= 0.3 is 5.69 Å². The topological polar surface area (TPSA) is 83.6 Å². The Kier molecular flexibility index (Phi) is 2.66. The summed E-state index contributed by atoms with van der Waals surface area (Å²) in [5, 5.41) is 29.6. The van der Waals surface area contributed by atoms with Crippen LogP contribution < -0.4 is 0 Å². The Morgan fingerprint density at radius 3 is 2.53 bits per heavy atom. The van der Waals surface area contributed by atoms with Crippen molar-refractivity contribution in [2.24, 2.45) is 0 Å². The van der Waals surface area contributed by atoms with E-state index in [1.54, 1.807) is 24.3 Å². The van der Waals surface area contributed by atoms with Gasteiger partial charge in [-0.3, -0.25) is 10.1 Å². The second kappa shape index (κ2) is 4.13. The Hall–Kier alpha value is -2.56. The number of benzene rings is 2. The lowest BCUT2D eigenvalue weighted by Gasteiger charge is -2.05. The van der Waals surface area contributed by atoms with Crippen molar-refractivity contribution in [3.8, 4) is 22.6 Å². The summed E-state index contributed by atoms with van der Waals surface area (Å²) in [5.41, 5.74) is 0.174. The largest absolute Gasteiger partial charge is 0.504 e. The molecule has 17 heavy (non-hydrogen) atoms. The third-order valence-electron chi connectivity index (χ3n) is 2.31. The number of hydrogen-bond donors (Lipinski definition) is 2. The van der Waals surface area contributed by atoms with Crippen LogP contribution >= 0.6 is 0 Å². The minimum atomic E-state index is -0.732. The van der Waals surface area contributed by atoms with Crippen LogP contribution in [0.5, 0.6) is 11.5 Å². The first-order valence-corrected chi connectivity index (χ1v) is 4.77. The molecule has 0 bridgehead atoms. The summed E-state index contributed by atoms with van der Waals surface area (Å²) in [6, 6.07) is 12.1. The van der Waals surface area contributed by atoms with E-state index in [-0.39, 0.29) is 5.56 Å². The van der Waals surface area contributed by atoms with Gasteiger partial charge in [-0.25, -0.2) is 0 Å². The Morgan fingerprint density at radius 2 is 1.94 bits per heavy atom. The summed E-state index contributed by atoms with van der Waals surface area (Å²) in [6.07, 6.45) is 0. The molecule has 0 heterocycles. The van der Waals surface area contributed by atoms with E-state index in [9.17, 15) is 20.3 Å². The van der Waals surface area contributed by atoms with Crippen LogP contribution in [0, 0.1) is 16.2 Å². The number of phenolic OH excluding ortho intramolecular Hbond substituents is 2. The van der Waals surface area contributed by atoms with E-state index in [4.69, 9.17) is 0 Å². The molecule has 0 fully saturated rings. The molecule has 0 aliphatic rings. The minimum absolute atomic E-state index is 0.214. The molecule has 5 nitrogen and oxygen atoms in total. The summed E-state index contributed by atoms with van der Waals surface area (Å²) >= 11 is 0. The molecule has 0 spiro atoms. The van der Waals surface area contributed by atoms with Gasteiger partial charge in [-0.05, 0) is 23.8 Å². The lowest BCUT2D eigenvalue weighted by molar-refractivity contribution is -0.385. The van der Waals surface area contributed by atoms with Crippen LogP contribution in [-0.4, -0.2) is 15.1 Å². The third-order valence-corrected chi connectivity index (χ3v) is 2.31. The molecule has 0 atom stereocenters. The number of nitrogens with zero attached hydrogens (tertiary/aromatic N) is 1. The van der Waals surface area contributed by atoms with E-state index < -0.39 is 22.1 Å². The van der Waals surface area contributed by atoms with Gasteiger partial charge in [-0.2, -0.15) is 0 Å². The van der Waals surface area contributed by atoms with Crippen LogP contribution in [-0.2, 0) is 0 Å². The lowest BCUT2D eigenvalue weighted by Crippen LogP contribution is -1.93. The van der Waals surface area contributed by atoms with Crippen molar-refractivity contribution in [1.82, 2.24) is 0 Å². The van der Waals surface area contributed by atoms with Crippen LogP contribution in [0.25, 0.3) is 11.1 Å². The van der Waals surface area contributed by atoms with Gasteiger partial charge in [-0.1, -0.05) is 24.3 Å². The predicted octanol–water partition coefficient (Wildman–Crippen LogP) is 2.47. The summed E-state index contributed by atoms with van der Waals surface area (Å²) in [6.45, 7) is 0. The molecular weight excluding hydrogens is 222 g/mol. The van der Waals surface area contributed by atoms with Crippen molar-refractivity contribution in [2.75, 3.05) is 0 Å². The maximum atomic E-state index is 10.9. The van der Waals surface area contributed by atoms with Gasteiger partial charge in [0.15, 0.2) is 5.75 Å². The smallest absolute Gasteiger partial charge is 0.322 e. The van der Waals surface area contributed by atoms with Crippen LogP contribution in [0.2, 0.25) is 0 Å². The highest BCUT2D eigenvalue weighted by Crippen LogP contribution is 2.42. The fourth-order valence-electron chi connectivity index (χ4n) is 1.53. The first-order chi connectivity index (χ1) is 8.11. The molecule has 0 amide bonds. The number of nitro groups is 1. The van der Waals surface area contributed by atoms with Gasteiger partial charge in [-0.15, -0.1) is 0 Å². The molecule has 2 aromatic carbocycles. The molecule has 1 radical (unpaired) electrons. The average Bonchev–Trinajstić information content (AvgIpc) is 2.33. The normalized spacial score (nSPS) is 10.1. The molecule has 0 aliphatic heterocycles. The first-order valence-electron chi connectivity index (χ1n) is 4.77. The highest BCUT2D eigenvalue weighted by molar-refractivity contribution is 5.78. The molecular formula is C12H8NO4. The molecule has 85 valence electrons. The van der Waals surface area contributed by atoms with E-state index in [2.05, 4.69) is 6.07 Å². The standard InChI is InChI=1S/C12H8NO4/c14-10-7-6-9(8-4-2-1-3-5-8)11(12(10)15)13(16)17/h1-4,6-7,14-15H. The van der Waals surface area contributed by atoms with Gasteiger partial charge in [0.25, 0.3) is 0 Å². The number of aromatic hydroxyl groups is 2. The van der Waals surface area contributed by atoms with Crippen molar-refractivity contribution in [3.63, 3.8) is 0 Å². The molecule has 2 N–H and O–H groups in total. The van der Waals surface area contributed by atoms with E-state index in [1.165, 1.54) is 12.1 Å². The van der Waals surface area contributed by atoms with Crippen molar-refractivity contribution in [2.45, 2.75) is 0 Å². The monoisotopic (exact) mass is 230 g/mol. The molecule has 0 saturated heterocycles. The second-order valence-electron chi connectivity index (χ2n) is 3.36. The van der Waals surface area contributed by atoms with E-state index in [0.717, 1.165) is 0 Å². The maximum absolute atomic E-state index is 10.9. The van der Waals surface area contributed by atoms with Crippen molar-refractivity contribution < 1.29 is 15.1 Å². The van der Waals surface area contributed by atoms with Gasteiger partial charge in [0.1, 0.15) is 0 Å². The lowest BCUT2D eigenvalue weighted by atomic mass is 10.0. The molecule has 0 aliphatic carbocycles. The highest BCUT2D eigenvalue weighted by Gasteiger charge is 2.23. The number of hydrogen-bond acceptors (Lipinski definition) is 4. The average molecular weight is 230 g/mol. The van der Waals surface area contributed by atoms with Crippen molar-refractivity contribution in [3.05, 3.63) is 52.6 Å². The molecule has 0 unspecified atom stereocenters. The SMILES string of the molecule is O=[N+]([O-])c1c(-c2[c]cccc2)ccc(O)c1O. The van der Waals surface area contributed by atoms with Gasteiger partial charge in [0.2, 0.25) is 5.75 Å². The quantitative estimate of drug-likeness (QED) is 0.471. The zero-order valence-corrected chi connectivity index (χ0v) is 8.62. The van der Waals surface area contributed by atoms with Crippen LogP contribution in [0.3, 0.4) is 0 Å². The molecule has 5 heteroatoms. The van der Waals surface area contributed by atoms with Gasteiger partial charge < -0.3 is 10.2 Å². The van der Waals surface area contributed by atoms with E-state index in [0.29, 0.717) is 5.56 Å². The Bertz CT molecular complexity index is 566. The Labute approximate surface area is 96.7 Å². The maximum Gasteiger partial charge on any atom is 0.322 e. The summed E-state index contributed by atoms with van der Waals surface area (Å²) < 4.78 is 0. The van der Waals surface area contributed by atoms with E-state index in [1.807, 2.05) is 0 Å². The van der Waals surface area contributed by atoms with Crippen molar-refractivity contribution >= 4 is 5.69 Å². The van der Waals surface area contributed by atoms with Gasteiger partial charge in [0.05, 0.1) is 10.5 Å². The molecule has 0 saturated carbocycles. The Balaban J connectivity index is 2.71. The number of phenols is 2. The highest BCUT2D eigenvalue weighted by atomic mass is 16.6. The number of nitro benzene ring substituents is 1. The second-order valence-corrected chi connectivity index (χ2v) is 3.36. The summed E-state index contributed by atoms with van der Waals surface area (Å²) in [7, 11) is 0. The van der Waals surface area contributed by atoms with E-state index >= 15 is 0 Å². The summed E-state index contributed by atoms with van der Waals surface area (Å²) in [4.78, 5) is 10.2. The fourth-order valence-corrected chi connectivity index (χ4v) is 1.53. The zero-order valence-electron chi connectivity index (χ0n) is 8.62. The first kappa shape index (κ1) is 10.9. The van der Waals surface area contributed by atoms with Crippen LogP contribution in [0.4, 0.5) is 5.69 Å². The molecule has 2 rings (SSSR count). The molecule has 0 aromatic heterocycles.